The smallest absolute Gasteiger partial charge is 0.307 e. The quantitative estimate of drug-likeness (QED) is 0.417. The van der Waals surface area contributed by atoms with E-state index in [1.807, 2.05) is 36.4 Å². The second-order valence-electron chi connectivity index (χ2n) is 6.86. The van der Waals surface area contributed by atoms with E-state index in [0.29, 0.717) is 13.1 Å². The largest absolute Gasteiger partial charge is 0.497 e. The molecular formula is C23H22N2O5. The summed E-state index contributed by atoms with van der Waals surface area (Å²) in [7, 11) is 1.62. The van der Waals surface area contributed by atoms with Crippen LogP contribution in [0.2, 0.25) is 0 Å². The van der Waals surface area contributed by atoms with Crippen molar-refractivity contribution in [1.29, 1.82) is 0 Å². The Morgan fingerprint density at radius 2 is 1.40 bits per heavy atom. The molecule has 7 nitrogen and oxygen atoms in total. The maximum atomic E-state index is 10.9. The van der Waals surface area contributed by atoms with Gasteiger partial charge < -0.3 is 14.7 Å². The van der Waals surface area contributed by atoms with Gasteiger partial charge in [-0.05, 0) is 41.0 Å². The van der Waals surface area contributed by atoms with Gasteiger partial charge in [0.05, 0.1) is 18.5 Å². The summed E-state index contributed by atoms with van der Waals surface area (Å²) in [4.78, 5) is 23.5. The van der Waals surface area contributed by atoms with Crippen molar-refractivity contribution >= 4 is 17.3 Å². The predicted molar refractivity (Wildman–Crippen MR) is 114 cm³/mol. The standard InChI is InChI=1S/C23H22N2O5/c1-30-22-12-6-19(7-13-22)16-24(15-18-4-10-21(11-5-18)25(28)29)20-8-2-17(3-9-20)14-23(26)27/h2-13H,14-16H2,1H3,(H,26,27). The molecule has 0 aromatic heterocycles. The van der Waals surface area contributed by atoms with E-state index in [9.17, 15) is 14.9 Å². The third-order valence-corrected chi connectivity index (χ3v) is 4.71. The van der Waals surface area contributed by atoms with Gasteiger partial charge in [0, 0.05) is 30.9 Å². The van der Waals surface area contributed by atoms with E-state index in [-0.39, 0.29) is 12.1 Å². The molecule has 0 amide bonds. The summed E-state index contributed by atoms with van der Waals surface area (Å²) in [6.45, 7) is 1.15. The topological polar surface area (TPSA) is 92.9 Å². The third kappa shape index (κ3) is 5.57. The number of nitro groups is 1. The van der Waals surface area contributed by atoms with Crippen molar-refractivity contribution < 1.29 is 19.6 Å². The van der Waals surface area contributed by atoms with Crippen LogP contribution < -0.4 is 9.64 Å². The van der Waals surface area contributed by atoms with E-state index >= 15 is 0 Å². The van der Waals surface area contributed by atoms with Gasteiger partial charge in [-0.1, -0.05) is 36.4 Å². The lowest BCUT2D eigenvalue weighted by Crippen LogP contribution is -2.22. The molecule has 0 radical (unpaired) electrons. The van der Waals surface area contributed by atoms with Crippen molar-refractivity contribution in [1.82, 2.24) is 0 Å². The Hall–Kier alpha value is -3.87. The van der Waals surface area contributed by atoms with Crippen molar-refractivity contribution in [2.24, 2.45) is 0 Å². The minimum absolute atomic E-state index is 0.0267. The van der Waals surface area contributed by atoms with Gasteiger partial charge in [0.15, 0.2) is 0 Å². The van der Waals surface area contributed by atoms with Gasteiger partial charge in [-0.15, -0.1) is 0 Å². The summed E-state index contributed by atoms with van der Waals surface area (Å²) >= 11 is 0. The molecule has 154 valence electrons. The zero-order valence-corrected chi connectivity index (χ0v) is 16.5. The van der Waals surface area contributed by atoms with Gasteiger partial charge in [-0.25, -0.2) is 0 Å². The van der Waals surface area contributed by atoms with Crippen LogP contribution in [0.4, 0.5) is 11.4 Å². The average Bonchev–Trinajstić information content (AvgIpc) is 2.74. The lowest BCUT2D eigenvalue weighted by molar-refractivity contribution is -0.384. The molecule has 7 heteroatoms. The molecule has 0 aliphatic rings. The van der Waals surface area contributed by atoms with E-state index in [0.717, 1.165) is 28.1 Å². The van der Waals surface area contributed by atoms with Crippen molar-refractivity contribution in [2.75, 3.05) is 12.0 Å². The number of methoxy groups -OCH3 is 1. The second kappa shape index (κ2) is 9.56. The van der Waals surface area contributed by atoms with Crippen LogP contribution in [0.3, 0.4) is 0 Å². The zero-order chi connectivity index (χ0) is 21.5. The molecule has 0 unspecified atom stereocenters. The number of hydrogen-bond donors (Lipinski definition) is 1. The van der Waals surface area contributed by atoms with Gasteiger partial charge >= 0.3 is 5.97 Å². The summed E-state index contributed by atoms with van der Waals surface area (Å²) in [6, 6.07) is 21.7. The Balaban J connectivity index is 1.84. The highest BCUT2D eigenvalue weighted by Crippen LogP contribution is 2.23. The minimum Gasteiger partial charge on any atom is -0.497 e. The summed E-state index contributed by atoms with van der Waals surface area (Å²) in [5.41, 5.74) is 3.72. The molecule has 3 rings (SSSR count). The van der Waals surface area contributed by atoms with Crippen LogP contribution in [0.25, 0.3) is 0 Å². The Kier molecular flexibility index (Phi) is 6.64. The van der Waals surface area contributed by atoms with Gasteiger partial charge in [-0.3, -0.25) is 14.9 Å². The van der Waals surface area contributed by atoms with Gasteiger partial charge in [0.1, 0.15) is 5.75 Å². The molecule has 0 saturated carbocycles. The van der Waals surface area contributed by atoms with Gasteiger partial charge in [0.2, 0.25) is 0 Å². The fraction of sp³-hybridized carbons (Fsp3) is 0.174. The minimum atomic E-state index is -0.872. The first kappa shape index (κ1) is 20.9. The number of nitrogens with zero attached hydrogens (tertiary/aromatic N) is 2. The molecule has 30 heavy (non-hydrogen) atoms. The van der Waals surface area contributed by atoms with E-state index in [2.05, 4.69) is 4.90 Å². The van der Waals surface area contributed by atoms with Crippen LogP contribution in [0, 0.1) is 10.1 Å². The predicted octanol–water partition coefficient (Wildman–Crippen LogP) is 4.44. The van der Waals surface area contributed by atoms with Crippen LogP contribution in [0.1, 0.15) is 16.7 Å². The molecule has 0 saturated heterocycles. The van der Waals surface area contributed by atoms with E-state index < -0.39 is 10.9 Å². The normalized spacial score (nSPS) is 10.4. The number of hydrogen-bond acceptors (Lipinski definition) is 5. The molecule has 0 bridgehead atoms. The van der Waals surface area contributed by atoms with Gasteiger partial charge in [0.25, 0.3) is 5.69 Å². The molecule has 3 aromatic rings. The van der Waals surface area contributed by atoms with Crippen LogP contribution >= 0.6 is 0 Å². The van der Waals surface area contributed by atoms with E-state index in [1.54, 1.807) is 31.4 Å². The fourth-order valence-corrected chi connectivity index (χ4v) is 3.13. The number of ether oxygens (including phenoxy) is 1. The first-order valence-electron chi connectivity index (χ1n) is 9.36. The molecule has 0 fully saturated rings. The summed E-state index contributed by atoms with van der Waals surface area (Å²) < 4.78 is 5.21. The number of benzene rings is 3. The average molecular weight is 406 g/mol. The maximum Gasteiger partial charge on any atom is 0.307 e. The van der Waals surface area contributed by atoms with Crippen LogP contribution in [0.5, 0.6) is 5.75 Å². The SMILES string of the molecule is COc1ccc(CN(Cc2ccc([N+](=O)[O-])cc2)c2ccc(CC(=O)O)cc2)cc1. The lowest BCUT2D eigenvalue weighted by atomic mass is 10.1. The highest BCUT2D eigenvalue weighted by Gasteiger charge is 2.11. The number of rotatable bonds is 9. The maximum absolute atomic E-state index is 10.9. The first-order valence-corrected chi connectivity index (χ1v) is 9.36. The molecular weight excluding hydrogens is 384 g/mol. The van der Waals surface area contributed by atoms with Crippen LogP contribution in [-0.4, -0.2) is 23.1 Å². The molecule has 0 spiro atoms. The number of carboxylic acids is 1. The van der Waals surface area contributed by atoms with Crippen LogP contribution in [-0.2, 0) is 24.3 Å². The molecule has 0 aliphatic carbocycles. The lowest BCUT2D eigenvalue weighted by Gasteiger charge is -2.25. The van der Waals surface area contributed by atoms with E-state index in [1.165, 1.54) is 12.1 Å². The summed E-state index contributed by atoms with van der Waals surface area (Å²) in [6.07, 6.45) is -0.0267. The van der Waals surface area contributed by atoms with Crippen molar-refractivity contribution in [3.63, 3.8) is 0 Å². The Bertz CT molecular complexity index is 999. The Morgan fingerprint density at radius 1 is 0.900 bits per heavy atom. The number of carbonyl (C=O) groups is 1. The second-order valence-corrected chi connectivity index (χ2v) is 6.86. The number of anilines is 1. The zero-order valence-electron chi connectivity index (χ0n) is 16.5. The molecule has 3 aromatic carbocycles. The summed E-state index contributed by atoms with van der Waals surface area (Å²) in [5, 5.41) is 19.9. The molecule has 0 heterocycles. The van der Waals surface area contributed by atoms with Crippen LogP contribution in [0.15, 0.2) is 72.8 Å². The third-order valence-electron chi connectivity index (χ3n) is 4.71. The monoisotopic (exact) mass is 406 g/mol. The highest BCUT2D eigenvalue weighted by atomic mass is 16.6. The molecule has 0 atom stereocenters. The number of carboxylic acid groups (broad SMARTS) is 1. The van der Waals surface area contributed by atoms with Crippen molar-refractivity contribution in [3.8, 4) is 5.75 Å². The summed E-state index contributed by atoms with van der Waals surface area (Å²) in [5.74, 6) is -0.0950. The van der Waals surface area contributed by atoms with Gasteiger partial charge in [-0.2, -0.15) is 0 Å². The molecule has 0 aliphatic heterocycles. The number of aliphatic carboxylic acids is 1. The Morgan fingerprint density at radius 3 is 1.87 bits per heavy atom. The van der Waals surface area contributed by atoms with Crippen molar-refractivity contribution in [2.45, 2.75) is 19.5 Å². The van der Waals surface area contributed by atoms with Crippen molar-refractivity contribution in [3.05, 3.63) is 99.6 Å². The molecule has 1 N–H and O–H groups in total. The Labute approximate surface area is 174 Å². The number of non-ortho nitro benzene ring substituents is 1. The fourth-order valence-electron chi connectivity index (χ4n) is 3.13. The first-order chi connectivity index (χ1) is 14.4. The number of nitro benzene ring substituents is 1. The van der Waals surface area contributed by atoms with E-state index in [4.69, 9.17) is 9.84 Å². The highest BCUT2D eigenvalue weighted by molar-refractivity contribution is 5.70.